The van der Waals surface area contributed by atoms with Crippen molar-refractivity contribution in [2.75, 3.05) is 26.4 Å². The zero-order valence-electron chi connectivity index (χ0n) is 11.2. The van der Waals surface area contributed by atoms with Gasteiger partial charge in [0.05, 0.1) is 25.4 Å². The number of rotatable bonds is 9. The van der Waals surface area contributed by atoms with Crippen LogP contribution in [0.5, 0.6) is 0 Å². The molecule has 1 heterocycles. The number of hydrogen-bond acceptors (Lipinski definition) is 4. The number of nitrogens with one attached hydrogen (secondary N) is 1. The fraction of sp³-hybridized carbons (Fsp3) is 0.857. The second kappa shape index (κ2) is 9.35. The Balaban J connectivity index is 2.02. The molecule has 0 saturated carbocycles. The van der Waals surface area contributed by atoms with E-state index in [1.165, 1.54) is 0 Å². The van der Waals surface area contributed by atoms with Crippen LogP contribution in [0.15, 0.2) is 0 Å². The van der Waals surface area contributed by atoms with Crippen molar-refractivity contribution in [3.05, 3.63) is 0 Å². The van der Waals surface area contributed by atoms with E-state index in [0.717, 1.165) is 25.9 Å². The van der Waals surface area contributed by atoms with Crippen LogP contribution in [0.25, 0.3) is 0 Å². The molecular weight excluding hydrogens is 230 g/mol. The highest BCUT2D eigenvalue weighted by molar-refractivity contribution is 4.89. The lowest BCUT2D eigenvalue weighted by Crippen LogP contribution is -2.37. The number of aliphatic hydroxyl groups excluding tert-OH is 1. The summed E-state index contributed by atoms with van der Waals surface area (Å²) in [5.74, 6) is 2.63. The first-order valence-corrected chi connectivity index (χ1v) is 6.80. The minimum Gasteiger partial charge on any atom is -0.389 e. The molecule has 18 heavy (non-hydrogen) atoms. The van der Waals surface area contributed by atoms with E-state index in [1.807, 2.05) is 0 Å². The fourth-order valence-electron chi connectivity index (χ4n) is 1.98. The summed E-state index contributed by atoms with van der Waals surface area (Å²) in [7, 11) is 0. The summed E-state index contributed by atoms with van der Waals surface area (Å²) < 4.78 is 10.9. The first kappa shape index (κ1) is 15.5. The molecule has 0 aromatic rings. The molecule has 0 radical (unpaired) electrons. The van der Waals surface area contributed by atoms with Gasteiger partial charge < -0.3 is 19.9 Å². The van der Waals surface area contributed by atoms with Gasteiger partial charge in [-0.25, -0.2) is 0 Å². The number of hydrogen-bond donors (Lipinski definition) is 2. The molecule has 0 bridgehead atoms. The van der Waals surface area contributed by atoms with E-state index in [0.29, 0.717) is 26.2 Å². The predicted octanol–water partition coefficient (Wildman–Crippen LogP) is 0.934. The van der Waals surface area contributed by atoms with Crippen LogP contribution < -0.4 is 5.32 Å². The first-order valence-electron chi connectivity index (χ1n) is 6.80. The molecule has 3 unspecified atom stereocenters. The summed E-state index contributed by atoms with van der Waals surface area (Å²) in [6, 6.07) is 0.280. The molecule has 0 amide bonds. The molecule has 1 rings (SSSR count). The smallest absolute Gasteiger partial charge is 0.0897 e. The van der Waals surface area contributed by atoms with Gasteiger partial charge in [0, 0.05) is 25.6 Å². The second-order valence-electron chi connectivity index (χ2n) is 4.75. The summed E-state index contributed by atoms with van der Waals surface area (Å²) >= 11 is 0. The third kappa shape index (κ3) is 6.36. The van der Waals surface area contributed by atoms with Crippen LogP contribution in [0.3, 0.4) is 0 Å². The van der Waals surface area contributed by atoms with E-state index >= 15 is 0 Å². The van der Waals surface area contributed by atoms with Crippen molar-refractivity contribution < 1.29 is 14.6 Å². The third-order valence-electron chi connectivity index (χ3n) is 3.14. The van der Waals surface area contributed by atoms with Gasteiger partial charge >= 0.3 is 0 Å². The lowest BCUT2D eigenvalue weighted by molar-refractivity contribution is -0.0169. The Kier molecular flexibility index (Phi) is 8.03. The van der Waals surface area contributed by atoms with Crippen LogP contribution in [0.4, 0.5) is 0 Å². The van der Waals surface area contributed by atoms with Crippen LogP contribution in [-0.4, -0.2) is 49.7 Å². The Hall–Kier alpha value is -0.600. The Morgan fingerprint density at radius 2 is 2.44 bits per heavy atom. The minimum atomic E-state index is -0.488. The summed E-state index contributed by atoms with van der Waals surface area (Å²) in [6.07, 6.45) is 8.84. The average Bonchev–Trinajstić information content (AvgIpc) is 2.87. The van der Waals surface area contributed by atoms with E-state index in [1.54, 1.807) is 0 Å². The SMILES string of the molecule is C#CCC(CC)NCC(O)COCC1CCCO1. The predicted molar refractivity (Wildman–Crippen MR) is 71.3 cm³/mol. The molecule has 0 aliphatic carbocycles. The second-order valence-corrected chi connectivity index (χ2v) is 4.75. The Morgan fingerprint density at radius 1 is 1.61 bits per heavy atom. The van der Waals surface area contributed by atoms with E-state index in [9.17, 15) is 5.11 Å². The van der Waals surface area contributed by atoms with Crippen LogP contribution in [0.1, 0.15) is 32.6 Å². The van der Waals surface area contributed by atoms with Crippen LogP contribution in [-0.2, 0) is 9.47 Å². The molecule has 1 saturated heterocycles. The normalized spacial score (nSPS) is 22.6. The van der Waals surface area contributed by atoms with Crippen molar-refractivity contribution in [1.29, 1.82) is 0 Å². The maximum absolute atomic E-state index is 9.76. The first-order chi connectivity index (χ1) is 8.76. The Labute approximate surface area is 110 Å². The van der Waals surface area contributed by atoms with E-state index in [4.69, 9.17) is 15.9 Å². The van der Waals surface area contributed by atoms with Gasteiger partial charge in [-0.15, -0.1) is 12.3 Å². The topological polar surface area (TPSA) is 50.7 Å². The van der Waals surface area contributed by atoms with Gasteiger partial charge in [0.2, 0.25) is 0 Å². The quantitative estimate of drug-likeness (QED) is 0.602. The van der Waals surface area contributed by atoms with Gasteiger partial charge in [0.15, 0.2) is 0 Å². The number of terminal acetylenes is 1. The van der Waals surface area contributed by atoms with Crippen molar-refractivity contribution in [3.8, 4) is 12.3 Å². The molecule has 1 fully saturated rings. The third-order valence-corrected chi connectivity index (χ3v) is 3.14. The van der Waals surface area contributed by atoms with Crippen molar-refractivity contribution in [2.24, 2.45) is 0 Å². The van der Waals surface area contributed by atoms with Gasteiger partial charge in [-0.3, -0.25) is 0 Å². The zero-order valence-corrected chi connectivity index (χ0v) is 11.2. The largest absolute Gasteiger partial charge is 0.389 e. The van der Waals surface area contributed by atoms with Gasteiger partial charge in [0.1, 0.15) is 0 Å². The van der Waals surface area contributed by atoms with E-state index < -0.39 is 6.10 Å². The van der Waals surface area contributed by atoms with Crippen LogP contribution in [0, 0.1) is 12.3 Å². The Bertz CT molecular complexity index is 246. The standard InChI is InChI=1S/C14H25NO3/c1-3-6-12(4-2)15-9-13(16)10-17-11-14-7-5-8-18-14/h1,12-16H,4-11H2,2H3. The van der Waals surface area contributed by atoms with Crippen molar-refractivity contribution in [1.82, 2.24) is 5.32 Å². The molecule has 2 N–H and O–H groups in total. The number of aliphatic hydroxyl groups is 1. The maximum atomic E-state index is 9.76. The van der Waals surface area contributed by atoms with Crippen molar-refractivity contribution >= 4 is 0 Å². The lowest BCUT2D eigenvalue weighted by Gasteiger charge is -2.18. The Morgan fingerprint density at radius 3 is 3.06 bits per heavy atom. The fourth-order valence-corrected chi connectivity index (χ4v) is 1.98. The molecule has 0 spiro atoms. The monoisotopic (exact) mass is 255 g/mol. The summed E-state index contributed by atoms with van der Waals surface area (Å²) in [6.45, 7) is 4.36. The highest BCUT2D eigenvalue weighted by atomic mass is 16.5. The average molecular weight is 255 g/mol. The van der Waals surface area contributed by atoms with Crippen molar-refractivity contribution in [3.63, 3.8) is 0 Å². The molecule has 4 nitrogen and oxygen atoms in total. The molecule has 104 valence electrons. The molecule has 1 aliphatic heterocycles. The highest BCUT2D eigenvalue weighted by Crippen LogP contribution is 2.11. The highest BCUT2D eigenvalue weighted by Gasteiger charge is 2.16. The molecule has 1 aliphatic rings. The van der Waals surface area contributed by atoms with Gasteiger partial charge in [-0.05, 0) is 19.3 Å². The van der Waals surface area contributed by atoms with Crippen LogP contribution in [0.2, 0.25) is 0 Å². The van der Waals surface area contributed by atoms with Crippen molar-refractivity contribution in [2.45, 2.75) is 50.9 Å². The van der Waals surface area contributed by atoms with Gasteiger partial charge in [-0.1, -0.05) is 6.92 Å². The summed E-state index contributed by atoms with van der Waals surface area (Å²) in [4.78, 5) is 0. The molecular formula is C14H25NO3. The lowest BCUT2D eigenvalue weighted by atomic mass is 10.1. The molecule has 4 heteroatoms. The minimum absolute atomic E-state index is 0.218. The zero-order chi connectivity index (χ0) is 13.2. The summed E-state index contributed by atoms with van der Waals surface area (Å²) in [5, 5.41) is 13.0. The van der Waals surface area contributed by atoms with Gasteiger partial charge in [0.25, 0.3) is 0 Å². The van der Waals surface area contributed by atoms with Gasteiger partial charge in [-0.2, -0.15) is 0 Å². The van der Waals surface area contributed by atoms with E-state index in [-0.39, 0.29) is 12.1 Å². The van der Waals surface area contributed by atoms with E-state index in [2.05, 4.69) is 18.2 Å². The maximum Gasteiger partial charge on any atom is 0.0897 e. The molecule has 0 aromatic carbocycles. The molecule has 3 atom stereocenters. The summed E-state index contributed by atoms with van der Waals surface area (Å²) in [5.41, 5.74) is 0. The van der Waals surface area contributed by atoms with Crippen LogP contribution >= 0.6 is 0 Å². The number of ether oxygens (including phenoxy) is 2. The molecule has 0 aromatic heterocycles.